The number of rotatable bonds is 3. The van der Waals surface area contributed by atoms with Crippen LogP contribution in [0, 0.1) is 5.92 Å². The molecule has 0 saturated carbocycles. The minimum atomic E-state index is -0.478. The van der Waals surface area contributed by atoms with Crippen molar-refractivity contribution in [2.45, 2.75) is 39.3 Å². The fourth-order valence-corrected chi connectivity index (χ4v) is 2.03. The van der Waals surface area contributed by atoms with Crippen LogP contribution in [0.5, 0.6) is 5.75 Å². The molecular weight excluding hydrogens is 228 g/mol. The second-order valence-electron chi connectivity index (χ2n) is 5.21. The first kappa shape index (κ1) is 12.9. The molecule has 0 spiro atoms. The molecule has 1 heterocycles. The summed E-state index contributed by atoms with van der Waals surface area (Å²) in [6.07, 6.45) is 1.10. The molecule has 1 amide bonds. The van der Waals surface area contributed by atoms with Gasteiger partial charge >= 0.3 is 0 Å². The van der Waals surface area contributed by atoms with Gasteiger partial charge in [-0.05, 0) is 36.6 Å². The molecule has 3 N–H and O–H groups in total. The van der Waals surface area contributed by atoms with E-state index >= 15 is 0 Å². The van der Waals surface area contributed by atoms with E-state index in [-0.39, 0.29) is 17.9 Å². The minimum absolute atomic E-state index is 0.128. The van der Waals surface area contributed by atoms with Crippen molar-refractivity contribution in [3.63, 3.8) is 0 Å². The minimum Gasteiger partial charge on any atom is -0.490 e. The standard InChI is InChI=1S/C14H20N2O2/c1-8(2)13(15)14(17)16-11-4-5-12-10(7-11)6-9(3)18-12/h4-5,7-9,13H,6,15H2,1-3H3,(H,16,17)/t9?,13-/m0/s1. The van der Waals surface area contributed by atoms with E-state index in [4.69, 9.17) is 10.5 Å². The molecule has 18 heavy (non-hydrogen) atoms. The number of carbonyl (C=O) groups excluding carboxylic acids is 1. The van der Waals surface area contributed by atoms with Crippen LogP contribution >= 0.6 is 0 Å². The third kappa shape index (κ3) is 2.64. The van der Waals surface area contributed by atoms with Crippen LogP contribution in [0.3, 0.4) is 0 Å². The van der Waals surface area contributed by atoms with Gasteiger partial charge in [0.2, 0.25) is 5.91 Å². The topological polar surface area (TPSA) is 64.4 Å². The van der Waals surface area contributed by atoms with Crippen molar-refractivity contribution < 1.29 is 9.53 Å². The van der Waals surface area contributed by atoms with E-state index < -0.39 is 6.04 Å². The van der Waals surface area contributed by atoms with E-state index in [1.165, 1.54) is 0 Å². The van der Waals surface area contributed by atoms with Gasteiger partial charge in [-0.1, -0.05) is 13.8 Å². The first-order chi connectivity index (χ1) is 8.47. The van der Waals surface area contributed by atoms with Crippen LogP contribution in [-0.4, -0.2) is 18.1 Å². The Labute approximate surface area is 108 Å². The molecular formula is C14H20N2O2. The molecule has 1 aliphatic rings. The molecule has 0 saturated heterocycles. The van der Waals surface area contributed by atoms with Crippen molar-refractivity contribution in [2.75, 3.05) is 5.32 Å². The predicted octanol–water partition coefficient (Wildman–Crippen LogP) is 1.93. The van der Waals surface area contributed by atoms with Crippen molar-refractivity contribution in [3.8, 4) is 5.75 Å². The second-order valence-corrected chi connectivity index (χ2v) is 5.21. The van der Waals surface area contributed by atoms with Crippen LogP contribution in [0.4, 0.5) is 5.69 Å². The van der Waals surface area contributed by atoms with Crippen LogP contribution < -0.4 is 15.8 Å². The van der Waals surface area contributed by atoms with Crippen LogP contribution in [0.1, 0.15) is 26.3 Å². The number of benzene rings is 1. The molecule has 1 aromatic carbocycles. The molecule has 0 radical (unpaired) electrons. The summed E-state index contributed by atoms with van der Waals surface area (Å²) in [4.78, 5) is 11.9. The van der Waals surface area contributed by atoms with Gasteiger partial charge in [0.15, 0.2) is 0 Å². The molecule has 98 valence electrons. The van der Waals surface area contributed by atoms with Gasteiger partial charge < -0.3 is 15.8 Å². The monoisotopic (exact) mass is 248 g/mol. The average molecular weight is 248 g/mol. The fraction of sp³-hybridized carbons (Fsp3) is 0.500. The molecule has 0 bridgehead atoms. The van der Waals surface area contributed by atoms with Crippen molar-refractivity contribution in [2.24, 2.45) is 11.7 Å². The van der Waals surface area contributed by atoms with E-state index in [1.807, 2.05) is 39.0 Å². The quantitative estimate of drug-likeness (QED) is 0.859. The lowest BCUT2D eigenvalue weighted by Gasteiger charge is -2.15. The van der Waals surface area contributed by atoms with Gasteiger partial charge in [-0.2, -0.15) is 0 Å². The molecule has 0 fully saturated rings. The van der Waals surface area contributed by atoms with Crippen LogP contribution in [0.2, 0.25) is 0 Å². The van der Waals surface area contributed by atoms with E-state index in [1.54, 1.807) is 0 Å². The fourth-order valence-electron chi connectivity index (χ4n) is 2.03. The van der Waals surface area contributed by atoms with Crippen molar-refractivity contribution in [1.82, 2.24) is 0 Å². The molecule has 4 nitrogen and oxygen atoms in total. The third-order valence-corrected chi connectivity index (χ3v) is 3.18. The number of carbonyl (C=O) groups is 1. The zero-order valence-corrected chi connectivity index (χ0v) is 11.1. The lowest BCUT2D eigenvalue weighted by atomic mass is 10.0. The van der Waals surface area contributed by atoms with E-state index in [9.17, 15) is 4.79 Å². The molecule has 4 heteroatoms. The van der Waals surface area contributed by atoms with Crippen molar-refractivity contribution in [1.29, 1.82) is 0 Å². The smallest absolute Gasteiger partial charge is 0.241 e. The van der Waals surface area contributed by atoms with Gasteiger partial charge in [0, 0.05) is 12.1 Å². The van der Waals surface area contributed by atoms with Gasteiger partial charge in [0.25, 0.3) is 0 Å². The Morgan fingerprint density at radius 3 is 2.89 bits per heavy atom. The second kappa shape index (κ2) is 4.98. The Hall–Kier alpha value is -1.55. The highest BCUT2D eigenvalue weighted by Gasteiger charge is 2.21. The number of anilines is 1. The van der Waals surface area contributed by atoms with Crippen LogP contribution in [-0.2, 0) is 11.2 Å². The Bertz CT molecular complexity index is 457. The van der Waals surface area contributed by atoms with Crippen LogP contribution in [0.15, 0.2) is 18.2 Å². The predicted molar refractivity (Wildman–Crippen MR) is 71.7 cm³/mol. The zero-order chi connectivity index (χ0) is 13.3. The number of ether oxygens (including phenoxy) is 1. The highest BCUT2D eigenvalue weighted by Crippen LogP contribution is 2.30. The maximum atomic E-state index is 11.9. The number of nitrogens with two attached hydrogens (primary N) is 1. The summed E-state index contributed by atoms with van der Waals surface area (Å²) in [5.74, 6) is 0.897. The van der Waals surface area contributed by atoms with Crippen molar-refractivity contribution >= 4 is 11.6 Å². The number of amides is 1. The summed E-state index contributed by atoms with van der Waals surface area (Å²) >= 11 is 0. The number of hydrogen-bond acceptors (Lipinski definition) is 3. The Morgan fingerprint density at radius 2 is 2.22 bits per heavy atom. The molecule has 2 rings (SSSR count). The Balaban J connectivity index is 2.08. The van der Waals surface area contributed by atoms with E-state index in [0.717, 1.165) is 23.4 Å². The number of nitrogens with one attached hydrogen (secondary N) is 1. The highest BCUT2D eigenvalue weighted by atomic mass is 16.5. The van der Waals surface area contributed by atoms with E-state index in [0.29, 0.717) is 0 Å². The summed E-state index contributed by atoms with van der Waals surface area (Å²) in [5.41, 5.74) is 7.73. The SMILES string of the molecule is CC1Cc2cc(NC(=O)[C@@H](N)C(C)C)ccc2O1. The molecule has 2 atom stereocenters. The average Bonchev–Trinajstić information content (AvgIpc) is 2.67. The van der Waals surface area contributed by atoms with Crippen LogP contribution in [0.25, 0.3) is 0 Å². The largest absolute Gasteiger partial charge is 0.490 e. The lowest BCUT2D eigenvalue weighted by Crippen LogP contribution is -2.39. The molecule has 0 aliphatic carbocycles. The Morgan fingerprint density at radius 1 is 1.50 bits per heavy atom. The number of hydrogen-bond donors (Lipinski definition) is 2. The highest BCUT2D eigenvalue weighted by molar-refractivity contribution is 5.95. The molecule has 1 unspecified atom stereocenters. The van der Waals surface area contributed by atoms with Crippen molar-refractivity contribution in [3.05, 3.63) is 23.8 Å². The summed E-state index contributed by atoms with van der Waals surface area (Å²) < 4.78 is 5.62. The zero-order valence-electron chi connectivity index (χ0n) is 11.1. The third-order valence-electron chi connectivity index (χ3n) is 3.18. The summed E-state index contributed by atoms with van der Waals surface area (Å²) in [7, 11) is 0. The molecule has 1 aromatic rings. The summed E-state index contributed by atoms with van der Waals surface area (Å²) in [5, 5.41) is 2.85. The maximum absolute atomic E-state index is 11.9. The maximum Gasteiger partial charge on any atom is 0.241 e. The molecule has 1 aliphatic heterocycles. The first-order valence-electron chi connectivity index (χ1n) is 6.33. The summed E-state index contributed by atoms with van der Waals surface area (Å²) in [6, 6.07) is 5.23. The normalized spacial score (nSPS) is 19.3. The van der Waals surface area contributed by atoms with Gasteiger partial charge in [0.05, 0.1) is 6.04 Å². The first-order valence-corrected chi connectivity index (χ1v) is 6.33. The van der Waals surface area contributed by atoms with E-state index in [2.05, 4.69) is 5.32 Å². The molecule has 0 aromatic heterocycles. The summed E-state index contributed by atoms with van der Waals surface area (Å²) in [6.45, 7) is 5.90. The van der Waals surface area contributed by atoms with Gasteiger partial charge in [-0.15, -0.1) is 0 Å². The van der Waals surface area contributed by atoms with Gasteiger partial charge in [0.1, 0.15) is 11.9 Å². The van der Waals surface area contributed by atoms with Gasteiger partial charge in [-0.25, -0.2) is 0 Å². The Kier molecular flexibility index (Phi) is 3.57. The lowest BCUT2D eigenvalue weighted by molar-refractivity contribution is -0.118. The van der Waals surface area contributed by atoms with Gasteiger partial charge in [-0.3, -0.25) is 4.79 Å². The number of fused-ring (bicyclic) bond motifs is 1.